The highest BCUT2D eigenvalue weighted by Gasteiger charge is 2.31. The van der Waals surface area contributed by atoms with E-state index in [0.717, 1.165) is 18.4 Å². The van der Waals surface area contributed by atoms with Gasteiger partial charge in [-0.15, -0.1) is 13.2 Å². The van der Waals surface area contributed by atoms with Crippen molar-refractivity contribution in [3.8, 4) is 17.4 Å². The molecule has 1 amide bonds. The van der Waals surface area contributed by atoms with E-state index in [1.165, 1.54) is 30.7 Å². The van der Waals surface area contributed by atoms with Crippen molar-refractivity contribution in [2.45, 2.75) is 12.9 Å². The normalized spacial score (nSPS) is 11.8. The molecule has 0 atom stereocenters. The maximum absolute atomic E-state index is 12.5. The number of fused-ring (bicyclic) bond motifs is 1. The minimum atomic E-state index is -4.85. The second-order valence-electron chi connectivity index (χ2n) is 8.15. The summed E-state index contributed by atoms with van der Waals surface area (Å²) < 4.78 is 71.2. The Kier molecular flexibility index (Phi) is 8.11. The van der Waals surface area contributed by atoms with E-state index in [4.69, 9.17) is 16.3 Å². The fourth-order valence-corrected chi connectivity index (χ4v) is 4.25. The standard InChI is InChI=1S/C23H20ClF3N6O5S/c1-39(35,36)12-19(34)28-6-8-33-7-5-18-20(33)21(31-13-30-18)32-14-9-17(24)22(29-11-14)37-15-3-2-4-16(10-15)38-23(25,26)27/h2-5,7,9-11,13H,6,8,12H2,1H3,(H,28,34)(H,30,31,32). The molecule has 39 heavy (non-hydrogen) atoms. The summed E-state index contributed by atoms with van der Waals surface area (Å²) in [5, 5.41) is 5.70. The molecule has 206 valence electrons. The zero-order valence-electron chi connectivity index (χ0n) is 20.1. The fourth-order valence-electron chi connectivity index (χ4n) is 3.47. The molecule has 4 rings (SSSR count). The number of ether oxygens (including phenoxy) is 2. The molecular formula is C23H20ClF3N6O5S. The molecule has 0 aliphatic rings. The van der Waals surface area contributed by atoms with Crippen LogP contribution in [0.4, 0.5) is 24.7 Å². The highest BCUT2D eigenvalue weighted by atomic mass is 35.5. The van der Waals surface area contributed by atoms with Crippen molar-refractivity contribution in [1.82, 2.24) is 24.8 Å². The van der Waals surface area contributed by atoms with Crippen molar-refractivity contribution < 1.29 is 35.9 Å². The Morgan fingerprint density at radius 2 is 1.90 bits per heavy atom. The number of halogens is 4. The Morgan fingerprint density at radius 1 is 1.13 bits per heavy atom. The average molecular weight is 585 g/mol. The largest absolute Gasteiger partial charge is 0.573 e. The number of sulfone groups is 1. The molecular weight excluding hydrogens is 565 g/mol. The molecule has 3 aromatic heterocycles. The van der Waals surface area contributed by atoms with Gasteiger partial charge in [-0.3, -0.25) is 4.79 Å². The molecule has 0 saturated carbocycles. The van der Waals surface area contributed by atoms with Crippen molar-refractivity contribution in [2.75, 3.05) is 23.9 Å². The lowest BCUT2D eigenvalue weighted by molar-refractivity contribution is -0.274. The molecule has 11 nitrogen and oxygen atoms in total. The quantitative estimate of drug-likeness (QED) is 0.282. The van der Waals surface area contributed by atoms with Gasteiger partial charge in [-0.1, -0.05) is 17.7 Å². The number of amides is 1. The molecule has 2 N–H and O–H groups in total. The van der Waals surface area contributed by atoms with E-state index in [-0.39, 0.29) is 23.2 Å². The first-order valence-corrected chi connectivity index (χ1v) is 13.5. The van der Waals surface area contributed by atoms with Crippen molar-refractivity contribution >= 4 is 49.9 Å². The van der Waals surface area contributed by atoms with Gasteiger partial charge >= 0.3 is 6.36 Å². The van der Waals surface area contributed by atoms with Crippen molar-refractivity contribution in [1.29, 1.82) is 0 Å². The summed E-state index contributed by atoms with van der Waals surface area (Å²) in [5.41, 5.74) is 1.64. The third-order valence-corrected chi connectivity index (χ3v) is 6.00. The predicted octanol–water partition coefficient (Wildman–Crippen LogP) is 4.08. The summed E-state index contributed by atoms with van der Waals surface area (Å²) in [5.74, 6) is -1.28. The van der Waals surface area contributed by atoms with Gasteiger partial charge in [0, 0.05) is 31.6 Å². The van der Waals surface area contributed by atoms with Crippen LogP contribution in [0.5, 0.6) is 17.4 Å². The van der Waals surface area contributed by atoms with Crippen LogP contribution in [-0.2, 0) is 21.2 Å². The number of alkyl halides is 3. The van der Waals surface area contributed by atoms with Crippen LogP contribution < -0.4 is 20.1 Å². The third kappa shape index (κ3) is 7.94. The Hall–Kier alpha value is -4.11. The van der Waals surface area contributed by atoms with Crippen LogP contribution in [0.15, 0.2) is 55.1 Å². The minimum Gasteiger partial charge on any atom is -0.437 e. The maximum atomic E-state index is 12.5. The van der Waals surface area contributed by atoms with Crippen molar-refractivity contribution in [3.63, 3.8) is 0 Å². The van der Waals surface area contributed by atoms with Crippen LogP contribution in [-0.4, -0.2) is 58.8 Å². The number of hydrogen-bond acceptors (Lipinski definition) is 9. The highest BCUT2D eigenvalue weighted by Crippen LogP contribution is 2.33. The van der Waals surface area contributed by atoms with Gasteiger partial charge in [0.05, 0.1) is 17.4 Å². The molecule has 0 fully saturated rings. The molecule has 0 aliphatic carbocycles. The monoisotopic (exact) mass is 584 g/mol. The van der Waals surface area contributed by atoms with Gasteiger partial charge in [0.1, 0.15) is 34.1 Å². The maximum Gasteiger partial charge on any atom is 0.573 e. The highest BCUT2D eigenvalue weighted by molar-refractivity contribution is 7.91. The lowest BCUT2D eigenvalue weighted by Crippen LogP contribution is -2.32. The SMILES string of the molecule is CS(=O)(=O)CC(=O)NCCn1ccc2ncnc(Nc3cnc(Oc4cccc(OC(F)(F)F)c4)c(Cl)c3)c21. The Bertz CT molecular complexity index is 1610. The molecule has 0 aliphatic heterocycles. The first-order chi connectivity index (χ1) is 18.4. The number of benzene rings is 1. The summed E-state index contributed by atoms with van der Waals surface area (Å²) in [6.07, 6.45) is 0.619. The number of nitrogens with zero attached hydrogens (tertiary/aromatic N) is 4. The average Bonchev–Trinajstić information content (AvgIpc) is 3.23. The second kappa shape index (κ2) is 11.3. The molecule has 0 bridgehead atoms. The number of rotatable bonds is 10. The number of hydrogen-bond donors (Lipinski definition) is 2. The third-order valence-electron chi connectivity index (χ3n) is 4.94. The van der Waals surface area contributed by atoms with Crippen LogP contribution in [0.2, 0.25) is 5.02 Å². The smallest absolute Gasteiger partial charge is 0.437 e. The van der Waals surface area contributed by atoms with E-state index in [0.29, 0.717) is 29.1 Å². The molecule has 3 heterocycles. The summed E-state index contributed by atoms with van der Waals surface area (Å²) in [7, 11) is -3.44. The molecule has 0 unspecified atom stereocenters. The Labute approximate surface area is 224 Å². The molecule has 1 aromatic carbocycles. The Morgan fingerprint density at radius 3 is 2.62 bits per heavy atom. The molecule has 0 saturated heterocycles. The summed E-state index contributed by atoms with van der Waals surface area (Å²) in [6, 6.07) is 8.17. The summed E-state index contributed by atoms with van der Waals surface area (Å²) in [6.45, 7) is 0.477. The van der Waals surface area contributed by atoms with Crippen molar-refractivity contribution in [3.05, 3.63) is 60.1 Å². The second-order valence-corrected chi connectivity index (χ2v) is 10.7. The van der Waals surface area contributed by atoms with Crippen LogP contribution >= 0.6 is 11.6 Å². The lowest BCUT2D eigenvalue weighted by atomic mass is 10.3. The molecule has 4 aromatic rings. The van der Waals surface area contributed by atoms with E-state index >= 15 is 0 Å². The first kappa shape index (κ1) is 27.9. The van der Waals surface area contributed by atoms with E-state index in [9.17, 15) is 26.4 Å². The van der Waals surface area contributed by atoms with Gasteiger partial charge in [-0.05, 0) is 24.3 Å². The van der Waals surface area contributed by atoms with E-state index in [2.05, 4.69) is 30.3 Å². The van der Waals surface area contributed by atoms with Crippen LogP contribution in [0, 0.1) is 0 Å². The minimum absolute atomic E-state index is 0.0332. The van der Waals surface area contributed by atoms with Crippen LogP contribution in [0.1, 0.15) is 0 Å². The number of nitrogens with one attached hydrogen (secondary N) is 2. The van der Waals surface area contributed by atoms with Crippen molar-refractivity contribution in [2.24, 2.45) is 0 Å². The van der Waals surface area contributed by atoms with Gasteiger partial charge < -0.3 is 24.7 Å². The lowest BCUT2D eigenvalue weighted by Gasteiger charge is -2.13. The van der Waals surface area contributed by atoms with Gasteiger partial charge in [-0.2, -0.15) is 0 Å². The zero-order chi connectivity index (χ0) is 28.2. The zero-order valence-corrected chi connectivity index (χ0v) is 21.6. The topological polar surface area (TPSA) is 137 Å². The molecule has 0 radical (unpaired) electrons. The molecule has 0 spiro atoms. The number of carbonyl (C=O) groups excluding carboxylic acids is 1. The van der Waals surface area contributed by atoms with Crippen LogP contribution in [0.25, 0.3) is 11.0 Å². The van der Waals surface area contributed by atoms with Gasteiger partial charge in [0.25, 0.3) is 0 Å². The number of pyridine rings is 1. The Balaban J connectivity index is 1.47. The fraction of sp³-hybridized carbons (Fsp3) is 0.217. The van der Waals surface area contributed by atoms with E-state index in [1.807, 2.05) is 0 Å². The number of aromatic nitrogens is 4. The van der Waals surface area contributed by atoms with E-state index < -0.39 is 33.6 Å². The number of anilines is 2. The van der Waals surface area contributed by atoms with E-state index in [1.54, 1.807) is 16.8 Å². The summed E-state index contributed by atoms with van der Waals surface area (Å²) in [4.78, 5) is 24.4. The van der Waals surface area contributed by atoms with Gasteiger partial charge in [-0.25, -0.2) is 23.4 Å². The van der Waals surface area contributed by atoms with Gasteiger partial charge in [0.15, 0.2) is 15.7 Å². The van der Waals surface area contributed by atoms with Gasteiger partial charge in [0.2, 0.25) is 11.8 Å². The predicted molar refractivity (Wildman–Crippen MR) is 136 cm³/mol. The van der Waals surface area contributed by atoms with Crippen LogP contribution in [0.3, 0.4) is 0 Å². The number of carbonyl (C=O) groups is 1. The summed E-state index contributed by atoms with van der Waals surface area (Å²) >= 11 is 6.30. The first-order valence-electron chi connectivity index (χ1n) is 11.1. The molecule has 16 heteroatoms.